The van der Waals surface area contributed by atoms with Crippen LogP contribution in [-0.2, 0) is 10.0 Å². The number of benzene rings is 1. The van der Waals surface area contributed by atoms with E-state index in [0.29, 0.717) is 29.3 Å². The zero-order valence-electron chi connectivity index (χ0n) is 11.7. The maximum absolute atomic E-state index is 12.9. The molecule has 0 aliphatic carbocycles. The molecule has 1 aromatic heterocycles. The van der Waals surface area contributed by atoms with Crippen molar-refractivity contribution in [2.24, 2.45) is 5.92 Å². The van der Waals surface area contributed by atoms with Gasteiger partial charge in [-0.05, 0) is 24.5 Å². The number of halogens is 1. The summed E-state index contributed by atoms with van der Waals surface area (Å²) in [6.45, 7) is 2.95. The first-order valence-corrected chi connectivity index (χ1v) is 8.85. The van der Waals surface area contributed by atoms with Crippen molar-refractivity contribution < 1.29 is 8.42 Å². The van der Waals surface area contributed by atoms with E-state index >= 15 is 0 Å². The van der Waals surface area contributed by atoms with E-state index in [2.05, 4.69) is 11.9 Å². The van der Waals surface area contributed by atoms with E-state index in [9.17, 15) is 8.42 Å². The van der Waals surface area contributed by atoms with E-state index in [0.717, 1.165) is 11.8 Å². The van der Waals surface area contributed by atoms with Crippen molar-refractivity contribution in [2.45, 2.75) is 23.6 Å². The molecule has 1 fully saturated rings. The van der Waals surface area contributed by atoms with E-state index < -0.39 is 10.0 Å². The molecule has 0 radical (unpaired) electrons. The number of fused-ring (bicyclic) bond motifs is 1. The van der Waals surface area contributed by atoms with Crippen molar-refractivity contribution >= 4 is 32.4 Å². The Bertz CT molecular complexity index is 758. The van der Waals surface area contributed by atoms with Gasteiger partial charge in [0.25, 0.3) is 0 Å². The standard InChI is InChI=1S/C15H17ClN2O2S/c1-11-6-8-18(10-14(11)16)21(19,20)15-4-2-3-12-9-17-7-5-13(12)15/h2-5,7,9,11,14H,6,8,10H2,1H3. The molecule has 0 saturated carbocycles. The highest BCUT2D eigenvalue weighted by Crippen LogP contribution is 2.29. The highest BCUT2D eigenvalue weighted by atomic mass is 35.5. The highest BCUT2D eigenvalue weighted by Gasteiger charge is 2.33. The molecule has 0 amide bonds. The normalized spacial score (nSPS) is 24.3. The van der Waals surface area contributed by atoms with Crippen LogP contribution in [0.15, 0.2) is 41.6 Å². The van der Waals surface area contributed by atoms with E-state index in [1.54, 1.807) is 30.6 Å². The SMILES string of the molecule is CC1CCN(S(=O)(=O)c2cccc3cnccc23)CC1Cl. The molecule has 2 atom stereocenters. The minimum absolute atomic E-state index is 0.134. The molecule has 1 aliphatic heterocycles. The average Bonchev–Trinajstić information content (AvgIpc) is 2.49. The summed E-state index contributed by atoms with van der Waals surface area (Å²) >= 11 is 6.26. The van der Waals surface area contributed by atoms with Crippen LogP contribution in [0.1, 0.15) is 13.3 Å². The van der Waals surface area contributed by atoms with Gasteiger partial charge in [0, 0.05) is 41.6 Å². The van der Waals surface area contributed by atoms with E-state index in [4.69, 9.17) is 11.6 Å². The lowest BCUT2D eigenvalue weighted by Gasteiger charge is -2.33. The molecule has 2 heterocycles. The smallest absolute Gasteiger partial charge is 0.243 e. The van der Waals surface area contributed by atoms with Gasteiger partial charge in [-0.1, -0.05) is 19.1 Å². The predicted molar refractivity (Wildman–Crippen MR) is 83.9 cm³/mol. The van der Waals surface area contributed by atoms with Gasteiger partial charge in [0.2, 0.25) is 10.0 Å². The van der Waals surface area contributed by atoms with Crippen molar-refractivity contribution in [1.82, 2.24) is 9.29 Å². The van der Waals surface area contributed by atoms with Gasteiger partial charge < -0.3 is 0 Å². The summed E-state index contributed by atoms with van der Waals surface area (Å²) in [5.41, 5.74) is 0. The second-order valence-corrected chi connectivity index (χ2v) is 7.96. The minimum atomic E-state index is -3.52. The second kappa shape index (κ2) is 5.55. The third-order valence-electron chi connectivity index (χ3n) is 4.09. The molecule has 0 bridgehead atoms. The summed E-state index contributed by atoms with van der Waals surface area (Å²) in [5.74, 6) is 0.342. The van der Waals surface area contributed by atoms with Gasteiger partial charge in [-0.15, -0.1) is 11.6 Å². The predicted octanol–water partition coefficient (Wildman–Crippen LogP) is 2.87. The topological polar surface area (TPSA) is 50.3 Å². The molecule has 2 aromatic rings. The van der Waals surface area contributed by atoms with Crippen molar-refractivity contribution in [1.29, 1.82) is 0 Å². The van der Waals surface area contributed by atoms with Crippen LogP contribution in [0.3, 0.4) is 0 Å². The van der Waals surface area contributed by atoms with Crippen LogP contribution in [-0.4, -0.2) is 36.2 Å². The third kappa shape index (κ3) is 2.65. The summed E-state index contributed by atoms with van der Waals surface area (Å²) in [5, 5.41) is 1.40. The molecule has 0 spiro atoms. The summed E-state index contributed by atoms with van der Waals surface area (Å²) in [6, 6.07) is 7.01. The molecule has 1 aliphatic rings. The number of aromatic nitrogens is 1. The first kappa shape index (κ1) is 14.8. The Morgan fingerprint density at radius 3 is 2.90 bits per heavy atom. The number of hydrogen-bond acceptors (Lipinski definition) is 3. The molecule has 6 heteroatoms. The number of nitrogens with zero attached hydrogens (tertiary/aromatic N) is 2. The Morgan fingerprint density at radius 1 is 1.33 bits per heavy atom. The largest absolute Gasteiger partial charge is 0.264 e. The van der Waals surface area contributed by atoms with Gasteiger partial charge in [-0.25, -0.2) is 8.42 Å². The fourth-order valence-corrected chi connectivity index (χ4v) is 4.74. The number of piperidine rings is 1. The fourth-order valence-electron chi connectivity index (χ4n) is 2.67. The van der Waals surface area contributed by atoms with Gasteiger partial charge in [-0.3, -0.25) is 4.98 Å². The van der Waals surface area contributed by atoms with Crippen molar-refractivity contribution in [3.63, 3.8) is 0 Å². The molecule has 3 rings (SSSR count). The monoisotopic (exact) mass is 324 g/mol. The lowest BCUT2D eigenvalue weighted by atomic mass is 10.0. The van der Waals surface area contributed by atoms with Crippen LogP contribution in [0.5, 0.6) is 0 Å². The average molecular weight is 325 g/mol. The molecule has 2 unspecified atom stereocenters. The summed E-state index contributed by atoms with van der Waals surface area (Å²) in [6.07, 6.45) is 4.08. The minimum Gasteiger partial charge on any atom is -0.264 e. The van der Waals surface area contributed by atoms with Gasteiger partial charge in [0.1, 0.15) is 0 Å². The lowest BCUT2D eigenvalue weighted by Crippen LogP contribution is -2.43. The maximum Gasteiger partial charge on any atom is 0.243 e. The number of alkyl halides is 1. The quantitative estimate of drug-likeness (QED) is 0.798. The molecule has 21 heavy (non-hydrogen) atoms. The Balaban J connectivity index is 2.05. The van der Waals surface area contributed by atoms with Crippen LogP contribution in [0.2, 0.25) is 0 Å². The number of rotatable bonds is 2. The number of sulfonamides is 1. The fraction of sp³-hybridized carbons (Fsp3) is 0.400. The number of pyridine rings is 1. The Morgan fingerprint density at radius 2 is 2.14 bits per heavy atom. The van der Waals surface area contributed by atoms with E-state index in [1.807, 2.05) is 6.07 Å². The first-order valence-electron chi connectivity index (χ1n) is 6.97. The van der Waals surface area contributed by atoms with Crippen molar-refractivity contribution in [3.05, 3.63) is 36.7 Å². The van der Waals surface area contributed by atoms with Crippen LogP contribution in [0.4, 0.5) is 0 Å². The summed E-state index contributed by atoms with van der Waals surface area (Å²) in [7, 11) is -3.52. The highest BCUT2D eigenvalue weighted by molar-refractivity contribution is 7.89. The zero-order chi connectivity index (χ0) is 15.0. The molecule has 1 aromatic carbocycles. The first-order chi connectivity index (χ1) is 10.00. The zero-order valence-corrected chi connectivity index (χ0v) is 13.3. The van der Waals surface area contributed by atoms with Crippen LogP contribution >= 0.6 is 11.6 Å². The lowest BCUT2D eigenvalue weighted by molar-refractivity contribution is 0.293. The Labute approximate surface area is 129 Å². The van der Waals surface area contributed by atoms with Crippen LogP contribution < -0.4 is 0 Å². The van der Waals surface area contributed by atoms with Gasteiger partial charge in [-0.2, -0.15) is 4.31 Å². The summed E-state index contributed by atoms with van der Waals surface area (Å²) in [4.78, 5) is 4.38. The second-order valence-electron chi connectivity index (χ2n) is 5.50. The molecular weight excluding hydrogens is 308 g/mol. The Kier molecular flexibility index (Phi) is 3.90. The van der Waals surface area contributed by atoms with Crippen LogP contribution in [0.25, 0.3) is 10.8 Å². The molecule has 1 saturated heterocycles. The van der Waals surface area contributed by atoms with Crippen molar-refractivity contribution in [3.8, 4) is 0 Å². The molecule has 0 N–H and O–H groups in total. The van der Waals surface area contributed by atoms with Gasteiger partial charge >= 0.3 is 0 Å². The number of hydrogen-bond donors (Lipinski definition) is 0. The Hall–Kier alpha value is -1.17. The van der Waals surface area contributed by atoms with Gasteiger partial charge in [0.05, 0.1) is 4.90 Å². The molecule has 4 nitrogen and oxygen atoms in total. The maximum atomic E-state index is 12.9. The van der Waals surface area contributed by atoms with Crippen LogP contribution in [0, 0.1) is 5.92 Å². The van der Waals surface area contributed by atoms with Gasteiger partial charge in [0.15, 0.2) is 0 Å². The van der Waals surface area contributed by atoms with Crippen molar-refractivity contribution in [2.75, 3.05) is 13.1 Å². The molecular formula is C15H17ClN2O2S. The molecule has 112 valence electrons. The van der Waals surface area contributed by atoms with E-state index in [-0.39, 0.29) is 5.38 Å². The third-order valence-corrected chi connectivity index (χ3v) is 6.58. The summed E-state index contributed by atoms with van der Waals surface area (Å²) < 4.78 is 27.3. The van der Waals surface area contributed by atoms with E-state index in [1.165, 1.54) is 4.31 Å².